The molecule has 0 aliphatic rings. The molecule has 1 rings (SSSR count). The predicted molar refractivity (Wildman–Crippen MR) is 67.6 cm³/mol. The van der Waals surface area contributed by atoms with E-state index in [2.05, 4.69) is 23.7 Å². The first-order valence-corrected chi connectivity index (χ1v) is 6.40. The van der Waals surface area contributed by atoms with Crippen LogP contribution >= 0.6 is 11.8 Å². The minimum Gasteiger partial charge on any atom is -0.388 e. The smallest absolute Gasteiger partial charge is 0.0788 e. The average Bonchev–Trinajstić information content (AvgIpc) is 2.27. The normalized spacial score (nSPS) is 14.7. The van der Waals surface area contributed by atoms with Crippen LogP contribution in [0.5, 0.6) is 0 Å². The Bertz CT molecular complexity index is 295. The molecule has 1 atom stereocenters. The van der Waals surface area contributed by atoms with E-state index in [4.69, 9.17) is 0 Å². The highest BCUT2D eigenvalue weighted by Crippen LogP contribution is 2.18. The Morgan fingerprint density at radius 1 is 1.33 bits per heavy atom. The Hall–Kier alpha value is -0.670. The number of thioether (sulfide) groups is 1. The second kappa shape index (κ2) is 5.42. The Morgan fingerprint density at radius 3 is 2.40 bits per heavy atom. The van der Waals surface area contributed by atoms with E-state index in [0.717, 1.165) is 12.1 Å². The largest absolute Gasteiger partial charge is 0.388 e. The summed E-state index contributed by atoms with van der Waals surface area (Å²) in [7, 11) is 0. The van der Waals surface area contributed by atoms with Crippen LogP contribution < -0.4 is 5.32 Å². The number of hydrogen-bond acceptors (Lipinski definition) is 3. The third-order valence-electron chi connectivity index (χ3n) is 2.53. The van der Waals surface area contributed by atoms with Gasteiger partial charge in [0.25, 0.3) is 0 Å². The third-order valence-corrected chi connectivity index (χ3v) is 3.27. The standard InChI is InChI=1S/C12H19NOS/c1-4-12(2,14)9-13-10-5-7-11(15-3)8-6-10/h5-8,13-14H,4,9H2,1-3H3. The zero-order chi connectivity index (χ0) is 11.3. The highest BCUT2D eigenvalue weighted by atomic mass is 32.2. The zero-order valence-corrected chi connectivity index (χ0v) is 10.4. The van der Waals surface area contributed by atoms with Crippen LogP contribution in [0.4, 0.5) is 5.69 Å². The van der Waals surface area contributed by atoms with Crippen LogP contribution in [0.3, 0.4) is 0 Å². The van der Waals surface area contributed by atoms with Gasteiger partial charge in [-0.15, -0.1) is 11.8 Å². The van der Waals surface area contributed by atoms with Crippen molar-refractivity contribution in [3.05, 3.63) is 24.3 Å². The number of nitrogens with one attached hydrogen (secondary N) is 1. The van der Waals surface area contributed by atoms with E-state index in [0.29, 0.717) is 6.54 Å². The van der Waals surface area contributed by atoms with E-state index in [1.165, 1.54) is 4.90 Å². The number of benzene rings is 1. The first kappa shape index (κ1) is 12.4. The summed E-state index contributed by atoms with van der Waals surface area (Å²) in [6.45, 7) is 4.41. The Labute approximate surface area is 96.1 Å². The molecular formula is C12H19NOS. The van der Waals surface area contributed by atoms with Crippen LogP contribution in [0.15, 0.2) is 29.2 Å². The fourth-order valence-corrected chi connectivity index (χ4v) is 1.53. The minimum absolute atomic E-state index is 0.585. The summed E-state index contributed by atoms with van der Waals surface area (Å²) < 4.78 is 0. The van der Waals surface area contributed by atoms with Gasteiger partial charge in [-0.25, -0.2) is 0 Å². The minimum atomic E-state index is -0.627. The van der Waals surface area contributed by atoms with Gasteiger partial charge in [0.15, 0.2) is 0 Å². The van der Waals surface area contributed by atoms with Gasteiger partial charge < -0.3 is 10.4 Å². The van der Waals surface area contributed by atoms with Crippen LogP contribution in [0.25, 0.3) is 0 Å². The molecule has 0 radical (unpaired) electrons. The molecule has 2 N–H and O–H groups in total. The zero-order valence-electron chi connectivity index (χ0n) is 9.58. The quantitative estimate of drug-likeness (QED) is 0.756. The molecule has 0 aliphatic carbocycles. The molecule has 2 nitrogen and oxygen atoms in total. The fraction of sp³-hybridized carbons (Fsp3) is 0.500. The maximum absolute atomic E-state index is 9.82. The molecule has 0 spiro atoms. The van der Waals surface area contributed by atoms with Gasteiger partial charge in [0.2, 0.25) is 0 Å². The Kier molecular flexibility index (Phi) is 4.48. The first-order chi connectivity index (χ1) is 7.07. The molecule has 1 aromatic carbocycles. The molecule has 1 aromatic rings. The van der Waals surface area contributed by atoms with Crippen molar-refractivity contribution < 1.29 is 5.11 Å². The molecular weight excluding hydrogens is 206 g/mol. The third kappa shape index (κ3) is 4.14. The molecule has 0 aliphatic heterocycles. The predicted octanol–water partition coefficient (Wildman–Crippen LogP) is 2.98. The van der Waals surface area contributed by atoms with E-state index < -0.39 is 5.60 Å². The van der Waals surface area contributed by atoms with Crippen LogP contribution in [0.2, 0.25) is 0 Å². The summed E-state index contributed by atoms with van der Waals surface area (Å²) in [5.41, 5.74) is 0.430. The maximum Gasteiger partial charge on any atom is 0.0788 e. The van der Waals surface area contributed by atoms with Gasteiger partial charge in [0.05, 0.1) is 5.60 Å². The summed E-state index contributed by atoms with van der Waals surface area (Å²) >= 11 is 1.73. The molecule has 0 fully saturated rings. The summed E-state index contributed by atoms with van der Waals surface area (Å²) in [5, 5.41) is 13.0. The Balaban J connectivity index is 2.51. The molecule has 0 heterocycles. The lowest BCUT2D eigenvalue weighted by molar-refractivity contribution is 0.0697. The van der Waals surface area contributed by atoms with E-state index in [-0.39, 0.29) is 0 Å². The SMILES string of the molecule is CCC(C)(O)CNc1ccc(SC)cc1. The van der Waals surface area contributed by atoms with Crippen molar-refractivity contribution in [1.82, 2.24) is 0 Å². The molecule has 0 amide bonds. The van der Waals surface area contributed by atoms with Gasteiger partial charge in [-0.3, -0.25) is 0 Å². The van der Waals surface area contributed by atoms with Crippen LogP contribution in [0, 0.1) is 0 Å². The number of aliphatic hydroxyl groups is 1. The van der Waals surface area contributed by atoms with Crippen molar-refractivity contribution in [2.75, 3.05) is 18.1 Å². The van der Waals surface area contributed by atoms with Crippen molar-refractivity contribution >= 4 is 17.4 Å². The van der Waals surface area contributed by atoms with Gasteiger partial charge in [0.1, 0.15) is 0 Å². The summed E-state index contributed by atoms with van der Waals surface area (Å²) in [6.07, 6.45) is 2.81. The van der Waals surface area contributed by atoms with Crippen LogP contribution in [-0.2, 0) is 0 Å². The molecule has 0 saturated carbocycles. The van der Waals surface area contributed by atoms with E-state index in [9.17, 15) is 5.11 Å². The Morgan fingerprint density at radius 2 is 1.93 bits per heavy atom. The topological polar surface area (TPSA) is 32.3 Å². The van der Waals surface area contributed by atoms with E-state index in [1.54, 1.807) is 11.8 Å². The second-order valence-corrected chi connectivity index (χ2v) is 4.81. The second-order valence-electron chi connectivity index (χ2n) is 3.93. The van der Waals surface area contributed by atoms with Gasteiger partial charge in [-0.05, 0) is 43.9 Å². The monoisotopic (exact) mass is 225 g/mol. The van der Waals surface area contributed by atoms with Crippen molar-refractivity contribution in [2.45, 2.75) is 30.8 Å². The highest BCUT2D eigenvalue weighted by Gasteiger charge is 2.16. The average molecular weight is 225 g/mol. The summed E-state index contributed by atoms with van der Waals surface area (Å²) in [6, 6.07) is 8.23. The highest BCUT2D eigenvalue weighted by molar-refractivity contribution is 7.98. The summed E-state index contributed by atoms with van der Waals surface area (Å²) in [4.78, 5) is 1.25. The lowest BCUT2D eigenvalue weighted by Crippen LogP contribution is -2.32. The van der Waals surface area contributed by atoms with Gasteiger partial charge in [-0.2, -0.15) is 0 Å². The van der Waals surface area contributed by atoms with Crippen molar-refractivity contribution in [3.8, 4) is 0 Å². The molecule has 0 saturated heterocycles. The van der Waals surface area contributed by atoms with Crippen molar-refractivity contribution in [3.63, 3.8) is 0 Å². The molecule has 84 valence electrons. The van der Waals surface area contributed by atoms with Crippen LogP contribution in [0.1, 0.15) is 20.3 Å². The number of hydrogen-bond donors (Lipinski definition) is 2. The molecule has 0 bridgehead atoms. The lowest BCUT2D eigenvalue weighted by atomic mass is 10.0. The maximum atomic E-state index is 9.82. The van der Waals surface area contributed by atoms with Crippen molar-refractivity contribution in [2.24, 2.45) is 0 Å². The molecule has 15 heavy (non-hydrogen) atoms. The lowest BCUT2D eigenvalue weighted by Gasteiger charge is -2.22. The van der Waals surface area contributed by atoms with E-state index in [1.807, 2.05) is 26.0 Å². The molecule has 0 aromatic heterocycles. The van der Waals surface area contributed by atoms with Gasteiger partial charge in [0, 0.05) is 17.1 Å². The fourth-order valence-electron chi connectivity index (χ4n) is 1.13. The molecule has 3 heteroatoms. The van der Waals surface area contributed by atoms with Gasteiger partial charge >= 0.3 is 0 Å². The summed E-state index contributed by atoms with van der Waals surface area (Å²) in [5.74, 6) is 0. The number of anilines is 1. The number of rotatable bonds is 5. The van der Waals surface area contributed by atoms with E-state index >= 15 is 0 Å². The van der Waals surface area contributed by atoms with Crippen molar-refractivity contribution in [1.29, 1.82) is 0 Å². The van der Waals surface area contributed by atoms with Gasteiger partial charge in [-0.1, -0.05) is 6.92 Å². The first-order valence-electron chi connectivity index (χ1n) is 5.18. The van der Waals surface area contributed by atoms with Crippen LogP contribution in [-0.4, -0.2) is 23.5 Å². The molecule has 1 unspecified atom stereocenters.